The molecule has 0 bridgehead atoms. The van der Waals surface area contributed by atoms with Gasteiger partial charge in [0.2, 0.25) is 0 Å². The van der Waals surface area contributed by atoms with Gasteiger partial charge in [-0.25, -0.2) is 4.98 Å². The van der Waals surface area contributed by atoms with Crippen molar-refractivity contribution in [3.05, 3.63) is 48.0 Å². The third-order valence-electron chi connectivity index (χ3n) is 6.74. The molecular formula is C26H33N6O2P3. The molecular weight excluding hydrogens is 521 g/mol. The molecule has 3 unspecified atom stereocenters. The summed E-state index contributed by atoms with van der Waals surface area (Å²) in [6.07, 6.45) is 7.52. The standard InChI is InChI=1S/C26H33N6O2P3/c1-15-17(16-11-20(30-7-9-34-10-8-30)23-27-5-6-31(23)14-16)12-19(22(36)21(15)35)29-24(33)18-13-28-32(25(18)37)26(2,3)4/h5-6,11-14H,7-10,35-37H2,1-4H3,(H,29,33). The molecule has 0 saturated carbocycles. The van der Waals surface area contributed by atoms with Gasteiger partial charge in [0.25, 0.3) is 5.91 Å². The summed E-state index contributed by atoms with van der Waals surface area (Å²) in [4.78, 5) is 20.3. The monoisotopic (exact) mass is 554 g/mol. The number of hydrogen-bond acceptors (Lipinski definition) is 5. The van der Waals surface area contributed by atoms with Crippen molar-refractivity contribution in [2.45, 2.75) is 33.2 Å². The van der Waals surface area contributed by atoms with Crippen LogP contribution in [0.2, 0.25) is 0 Å². The normalized spacial score (nSPS) is 14.4. The largest absolute Gasteiger partial charge is 0.378 e. The zero-order valence-electron chi connectivity index (χ0n) is 21.6. The van der Waals surface area contributed by atoms with Crippen LogP contribution in [0.4, 0.5) is 11.4 Å². The Morgan fingerprint density at radius 2 is 1.84 bits per heavy atom. The van der Waals surface area contributed by atoms with Gasteiger partial charge in [0, 0.05) is 48.2 Å². The summed E-state index contributed by atoms with van der Waals surface area (Å²) in [7, 11) is 8.28. The van der Waals surface area contributed by atoms with E-state index in [2.05, 4.69) is 98.4 Å². The van der Waals surface area contributed by atoms with Crippen LogP contribution in [0.15, 0.2) is 36.9 Å². The van der Waals surface area contributed by atoms with Gasteiger partial charge in [-0.2, -0.15) is 5.10 Å². The number of imidazole rings is 1. The molecule has 3 aromatic heterocycles. The fourth-order valence-electron chi connectivity index (χ4n) is 4.68. The Bertz CT molecular complexity index is 1500. The second kappa shape index (κ2) is 10.1. The van der Waals surface area contributed by atoms with Gasteiger partial charge in [-0.1, -0.05) is 9.24 Å². The highest BCUT2D eigenvalue weighted by Crippen LogP contribution is 2.32. The molecule has 1 saturated heterocycles. The Morgan fingerprint density at radius 3 is 2.51 bits per heavy atom. The van der Waals surface area contributed by atoms with Crippen LogP contribution in [0, 0.1) is 6.92 Å². The van der Waals surface area contributed by atoms with Crippen LogP contribution >= 0.6 is 27.7 Å². The zero-order valence-corrected chi connectivity index (χ0v) is 25.0. The quantitative estimate of drug-likeness (QED) is 0.393. The van der Waals surface area contributed by atoms with E-state index in [0.29, 0.717) is 18.8 Å². The second-order valence-electron chi connectivity index (χ2n) is 10.3. The molecule has 1 N–H and O–H groups in total. The van der Waals surface area contributed by atoms with Crippen LogP contribution < -0.4 is 26.3 Å². The first kappa shape index (κ1) is 26.3. The maximum atomic E-state index is 13.3. The predicted molar refractivity (Wildman–Crippen MR) is 162 cm³/mol. The molecule has 4 heterocycles. The summed E-state index contributed by atoms with van der Waals surface area (Å²) in [6, 6.07) is 4.25. The van der Waals surface area contributed by atoms with Gasteiger partial charge in [-0.3, -0.25) is 9.48 Å². The van der Waals surface area contributed by atoms with Crippen LogP contribution in [-0.2, 0) is 10.3 Å². The minimum absolute atomic E-state index is 0.192. The van der Waals surface area contributed by atoms with E-state index in [4.69, 9.17) is 4.74 Å². The number of rotatable bonds is 4. The molecule has 5 rings (SSSR count). The summed E-state index contributed by atoms with van der Waals surface area (Å²) < 4.78 is 9.49. The van der Waals surface area contributed by atoms with Crippen molar-refractivity contribution < 1.29 is 9.53 Å². The van der Waals surface area contributed by atoms with Crippen molar-refractivity contribution in [3.8, 4) is 11.1 Å². The number of carbonyl (C=O) groups is 1. The summed E-state index contributed by atoms with van der Waals surface area (Å²) >= 11 is 0. The minimum Gasteiger partial charge on any atom is -0.378 e. The molecule has 8 nitrogen and oxygen atoms in total. The molecule has 1 aliphatic heterocycles. The number of pyridine rings is 1. The number of carbonyl (C=O) groups excluding carboxylic acids is 1. The van der Waals surface area contributed by atoms with Crippen LogP contribution in [0.3, 0.4) is 0 Å². The summed E-state index contributed by atoms with van der Waals surface area (Å²) in [6.45, 7) is 11.3. The number of aromatic nitrogens is 4. The van der Waals surface area contributed by atoms with Crippen molar-refractivity contribution in [2.75, 3.05) is 36.5 Å². The highest BCUT2D eigenvalue weighted by atomic mass is 31.0. The molecule has 1 aliphatic rings. The van der Waals surface area contributed by atoms with Crippen LogP contribution in [0.1, 0.15) is 36.7 Å². The smallest absolute Gasteiger partial charge is 0.259 e. The van der Waals surface area contributed by atoms with Gasteiger partial charge in [0.1, 0.15) is 0 Å². The maximum absolute atomic E-state index is 13.3. The van der Waals surface area contributed by atoms with E-state index < -0.39 is 0 Å². The summed E-state index contributed by atoms with van der Waals surface area (Å²) in [5, 5.41) is 9.56. The molecule has 0 aliphatic carbocycles. The SMILES string of the molecule is Cc1c(-c2cc(N3CCOCC3)c3nccn3c2)cc(NC(=O)c2cnn(C(C)(C)C)c2P)c(P)c1P. The lowest BCUT2D eigenvalue weighted by atomic mass is 10.00. The van der Waals surface area contributed by atoms with E-state index in [0.717, 1.165) is 62.8 Å². The topological polar surface area (TPSA) is 76.7 Å². The first-order valence-corrected chi connectivity index (χ1v) is 13.9. The van der Waals surface area contributed by atoms with E-state index >= 15 is 0 Å². The van der Waals surface area contributed by atoms with E-state index in [1.165, 1.54) is 0 Å². The van der Waals surface area contributed by atoms with Gasteiger partial charge in [-0.15, -0.1) is 18.5 Å². The lowest BCUT2D eigenvalue weighted by molar-refractivity contribution is 0.102. The van der Waals surface area contributed by atoms with Crippen molar-refractivity contribution in [2.24, 2.45) is 0 Å². The van der Waals surface area contributed by atoms with Crippen molar-refractivity contribution >= 4 is 66.7 Å². The number of fused-ring (bicyclic) bond motifs is 1. The number of hydrogen-bond donors (Lipinski definition) is 1. The van der Waals surface area contributed by atoms with Gasteiger partial charge < -0.3 is 19.4 Å². The first-order chi connectivity index (χ1) is 17.6. The Labute approximate surface area is 224 Å². The molecule has 194 valence electrons. The predicted octanol–water partition coefficient (Wildman–Crippen LogP) is 2.85. The molecule has 0 spiro atoms. The molecule has 0 radical (unpaired) electrons. The summed E-state index contributed by atoms with van der Waals surface area (Å²) in [5.41, 5.74) is 7.05. The highest BCUT2D eigenvalue weighted by Gasteiger charge is 2.23. The number of nitrogens with one attached hydrogen (secondary N) is 1. The van der Waals surface area contributed by atoms with Crippen molar-refractivity contribution in [1.82, 2.24) is 19.2 Å². The van der Waals surface area contributed by atoms with E-state index in [1.807, 2.05) is 17.1 Å². The number of ether oxygens (including phenoxy) is 1. The van der Waals surface area contributed by atoms with Crippen LogP contribution in [0.5, 0.6) is 0 Å². The van der Waals surface area contributed by atoms with Crippen molar-refractivity contribution in [3.63, 3.8) is 0 Å². The molecule has 1 fully saturated rings. The molecule has 1 amide bonds. The van der Waals surface area contributed by atoms with Gasteiger partial charge in [0.15, 0.2) is 5.65 Å². The molecule has 37 heavy (non-hydrogen) atoms. The first-order valence-electron chi connectivity index (χ1n) is 12.2. The van der Waals surface area contributed by atoms with Gasteiger partial charge >= 0.3 is 0 Å². The van der Waals surface area contributed by atoms with E-state index in [9.17, 15) is 4.79 Å². The number of amides is 1. The van der Waals surface area contributed by atoms with Crippen LogP contribution in [0.25, 0.3) is 16.8 Å². The van der Waals surface area contributed by atoms with Gasteiger partial charge in [0.05, 0.1) is 41.6 Å². The van der Waals surface area contributed by atoms with Gasteiger partial charge in [-0.05, 0) is 56.3 Å². The number of nitrogens with zero attached hydrogens (tertiary/aromatic N) is 5. The number of anilines is 2. The second-order valence-corrected chi connectivity index (χ2v) is 12.0. The molecule has 3 atom stereocenters. The third-order valence-corrected chi connectivity index (χ3v) is 9.00. The van der Waals surface area contributed by atoms with E-state index in [1.54, 1.807) is 6.20 Å². The fraction of sp³-hybridized carbons (Fsp3) is 0.346. The average molecular weight is 555 g/mol. The Kier molecular flexibility index (Phi) is 7.15. The Balaban J connectivity index is 1.56. The number of benzene rings is 1. The zero-order chi connectivity index (χ0) is 26.5. The average Bonchev–Trinajstić information content (AvgIpc) is 3.50. The highest BCUT2D eigenvalue weighted by molar-refractivity contribution is 7.36. The molecule has 4 aromatic rings. The Hall–Kier alpha value is -2.36. The fourth-order valence-corrected chi connectivity index (χ4v) is 6.02. The molecule has 1 aromatic carbocycles. The molecule has 11 heteroatoms. The maximum Gasteiger partial charge on any atom is 0.259 e. The number of morpholine rings is 1. The lowest BCUT2D eigenvalue weighted by Crippen LogP contribution is -2.36. The lowest BCUT2D eigenvalue weighted by Gasteiger charge is -2.29. The van der Waals surface area contributed by atoms with Crippen molar-refractivity contribution in [1.29, 1.82) is 0 Å². The summed E-state index contributed by atoms with van der Waals surface area (Å²) in [5.74, 6) is -0.192. The van der Waals surface area contributed by atoms with Crippen LogP contribution in [-0.4, -0.2) is 51.4 Å². The minimum atomic E-state index is -0.226. The van der Waals surface area contributed by atoms with E-state index in [-0.39, 0.29) is 11.4 Å². The Morgan fingerprint density at radius 1 is 1.11 bits per heavy atom. The third kappa shape index (κ3) is 4.93.